The molecule has 150 valence electrons. The zero-order valence-electron chi connectivity index (χ0n) is 15.2. The topological polar surface area (TPSA) is 50.7 Å². The Bertz CT molecular complexity index is 900. The molecule has 0 atom stereocenters. The van der Waals surface area contributed by atoms with E-state index in [1.54, 1.807) is 6.07 Å². The standard InChI is InChI=1S/C19H17F5N2O2/c1-9(2)11-5-4-10(3)6-13(11)28-8-14(27)26-25-7-12-15(20)17(22)19(24)18(23)16(12)21/h4-7,9H,8H2,1-3H3,(H,26,27)/b25-7+. The molecule has 0 aliphatic rings. The van der Waals surface area contributed by atoms with Crippen LogP contribution in [-0.2, 0) is 4.79 Å². The van der Waals surface area contributed by atoms with Crippen LogP contribution < -0.4 is 10.2 Å². The van der Waals surface area contributed by atoms with Gasteiger partial charge in [0.25, 0.3) is 5.91 Å². The molecule has 0 spiro atoms. The van der Waals surface area contributed by atoms with Crippen molar-refractivity contribution in [3.8, 4) is 5.75 Å². The normalized spacial score (nSPS) is 11.3. The number of benzene rings is 2. The summed E-state index contributed by atoms with van der Waals surface area (Å²) >= 11 is 0. The maximum absolute atomic E-state index is 13.5. The molecule has 0 saturated carbocycles. The van der Waals surface area contributed by atoms with Crippen molar-refractivity contribution in [3.05, 3.63) is 64.0 Å². The van der Waals surface area contributed by atoms with Gasteiger partial charge >= 0.3 is 0 Å². The molecule has 9 heteroatoms. The summed E-state index contributed by atoms with van der Waals surface area (Å²) in [4.78, 5) is 11.8. The maximum atomic E-state index is 13.5. The number of nitrogens with one attached hydrogen (secondary N) is 1. The fourth-order valence-corrected chi connectivity index (χ4v) is 2.32. The molecule has 0 unspecified atom stereocenters. The minimum absolute atomic E-state index is 0.144. The van der Waals surface area contributed by atoms with Crippen molar-refractivity contribution in [1.82, 2.24) is 5.43 Å². The Morgan fingerprint density at radius 2 is 1.64 bits per heavy atom. The van der Waals surface area contributed by atoms with Crippen molar-refractivity contribution in [2.75, 3.05) is 6.61 Å². The number of halogens is 5. The molecule has 0 aliphatic heterocycles. The van der Waals surface area contributed by atoms with E-state index in [2.05, 4.69) is 5.10 Å². The number of aryl methyl sites for hydroxylation is 1. The van der Waals surface area contributed by atoms with Crippen molar-refractivity contribution < 1.29 is 31.5 Å². The molecule has 0 aromatic heterocycles. The first kappa shape index (κ1) is 21.3. The van der Waals surface area contributed by atoms with Crippen LogP contribution in [0.5, 0.6) is 5.75 Å². The molecule has 0 saturated heterocycles. The number of hydrogen-bond donors (Lipinski definition) is 1. The predicted octanol–water partition coefficient (Wildman–Crippen LogP) is 4.34. The number of carbonyl (C=O) groups is 1. The summed E-state index contributed by atoms with van der Waals surface area (Å²) in [5.41, 5.74) is 2.44. The van der Waals surface area contributed by atoms with Crippen LogP contribution in [0.1, 0.15) is 36.5 Å². The molecule has 0 aliphatic carbocycles. The van der Waals surface area contributed by atoms with Gasteiger partial charge in [0.1, 0.15) is 5.75 Å². The number of nitrogens with zero attached hydrogens (tertiary/aromatic N) is 1. The van der Waals surface area contributed by atoms with Gasteiger partial charge in [-0.15, -0.1) is 0 Å². The summed E-state index contributed by atoms with van der Waals surface area (Å²) in [6.45, 7) is 5.29. The highest BCUT2D eigenvalue weighted by atomic mass is 19.2. The molecule has 0 bridgehead atoms. The highest BCUT2D eigenvalue weighted by Gasteiger charge is 2.24. The second-order valence-electron chi connectivity index (χ2n) is 6.26. The van der Waals surface area contributed by atoms with E-state index in [0.29, 0.717) is 12.0 Å². The number of ether oxygens (including phenoxy) is 1. The molecule has 1 N–H and O–H groups in total. The molecule has 0 radical (unpaired) electrons. The predicted molar refractivity (Wildman–Crippen MR) is 92.7 cm³/mol. The maximum Gasteiger partial charge on any atom is 0.277 e. The Balaban J connectivity index is 2.06. The second kappa shape index (κ2) is 8.81. The smallest absolute Gasteiger partial charge is 0.277 e. The number of carbonyl (C=O) groups excluding carboxylic acids is 1. The number of hydrazone groups is 1. The summed E-state index contributed by atoms with van der Waals surface area (Å²) < 4.78 is 71.6. The summed E-state index contributed by atoms with van der Waals surface area (Å²) in [7, 11) is 0. The molecule has 0 heterocycles. The highest BCUT2D eigenvalue weighted by Crippen LogP contribution is 2.27. The van der Waals surface area contributed by atoms with Crippen molar-refractivity contribution in [2.45, 2.75) is 26.7 Å². The van der Waals surface area contributed by atoms with Gasteiger partial charge in [-0.05, 0) is 30.0 Å². The lowest BCUT2D eigenvalue weighted by Crippen LogP contribution is -2.25. The van der Waals surface area contributed by atoms with E-state index < -0.39 is 47.2 Å². The molecule has 2 rings (SSSR count). The highest BCUT2D eigenvalue weighted by molar-refractivity contribution is 5.83. The molecule has 2 aromatic rings. The molecule has 4 nitrogen and oxygen atoms in total. The quantitative estimate of drug-likeness (QED) is 0.258. The first-order valence-corrected chi connectivity index (χ1v) is 8.20. The van der Waals surface area contributed by atoms with Gasteiger partial charge in [0, 0.05) is 0 Å². The van der Waals surface area contributed by atoms with Crippen molar-refractivity contribution >= 4 is 12.1 Å². The molecular weight excluding hydrogens is 383 g/mol. The Morgan fingerprint density at radius 3 is 2.21 bits per heavy atom. The monoisotopic (exact) mass is 400 g/mol. The Kier molecular flexibility index (Phi) is 6.71. The summed E-state index contributed by atoms with van der Waals surface area (Å²) in [5.74, 6) is -10.7. The van der Waals surface area contributed by atoms with E-state index >= 15 is 0 Å². The van der Waals surface area contributed by atoms with Crippen LogP contribution in [0.3, 0.4) is 0 Å². The van der Waals surface area contributed by atoms with Gasteiger partial charge in [-0.1, -0.05) is 26.0 Å². The Hall–Kier alpha value is -2.97. The first-order chi connectivity index (χ1) is 13.1. The van der Waals surface area contributed by atoms with Gasteiger partial charge in [-0.25, -0.2) is 27.4 Å². The van der Waals surface area contributed by atoms with Crippen LogP contribution in [0.15, 0.2) is 23.3 Å². The van der Waals surface area contributed by atoms with Gasteiger partial charge in [-0.3, -0.25) is 4.79 Å². The minimum atomic E-state index is -2.27. The van der Waals surface area contributed by atoms with Gasteiger partial charge in [-0.2, -0.15) is 5.10 Å². The minimum Gasteiger partial charge on any atom is -0.483 e. The van der Waals surface area contributed by atoms with Crippen molar-refractivity contribution in [3.63, 3.8) is 0 Å². The molecule has 0 fully saturated rings. The lowest BCUT2D eigenvalue weighted by Gasteiger charge is -2.14. The van der Waals surface area contributed by atoms with E-state index in [0.717, 1.165) is 11.1 Å². The average molecular weight is 400 g/mol. The Morgan fingerprint density at radius 1 is 1.07 bits per heavy atom. The zero-order chi connectivity index (χ0) is 21.0. The number of hydrogen-bond acceptors (Lipinski definition) is 3. The molecule has 1 amide bonds. The van der Waals surface area contributed by atoms with E-state index in [4.69, 9.17) is 4.74 Å². The number of rotatable bonds is 6. The van der Waals surface area contributed by atoms with Crippen LogP contribution in [0.4, 0.5) is 22.0 Å². The summed E-state index contributed by atoms with van der Waals surface area (Å²) in [6.07, 6.45) is 0.334. The van der Waals surface area contributed by atoms with Gasteiger partial charge in [0.05, 0.1) is 11.8 Å². The van der Waals surface area contributed by atoms with Gasteiger partial charge in [0.2, 0.25) is 5.82 Å². The van der Waals surface area contributed by atoms with E-state index in [1.807, 2.05) is 38.3 Å². The summed E-state index contributed by atoms with van der Waals surface area (Å²) in [5, 5.41) is 3.22. The van der Waals surface area contributed by atoms with Crippen LogP contribution in [0.25, 0.3) is 0 Å². The first-order valence-electron chi connectivity index (χ1n) is 8.20. The third-order valence-electron chi connectivity index (χ3n) is 3.78. The fourth-order valence-electron chi connectivity index (χ4n) is 2.32. The zero-order valence-corrected chi connectivity index (χ0v) is 15.2. The average Bonchev–Trinajstić information content (AvgIpc) is 2.65. The van der Waals surface area contributed by atoms with Crippen LogP contribution in [0, 0.1) is 36.0 Å². The third kappa shape index (κ3) is 4.65. The van der Waals surface area contributed by atoms with Crippen molar-refractivity contribution in [1.29, 1.82) is 0 Å². The lowest BCUT2D eigenvalue weighted by atomic mass is 10.0. The third-order valence-corrected chi connectivity index (χ3v) is 3.78. The Labute approximate surface area is 158 Å². The van der Waals surface area contributed by atoms with E-state index in [9.17, 15) is 26.7 Å². The molecular formula is C19H17F5N2O2. The van der Waals surface area contributed by atoms with Crippen molar-refractivity contribution in [2.24, 2.45) is 5.10 Å². The summed E-state index contributed by atoms with van der Waals surface area (Å²) in [6, 6.07) is 5.52. The van der Waals surface area contributed by atoms with Crippen LogP contribution >= 0.6 is 0 Å². The SMILES string of the molecule is Cc1ccc(C(C)C)c(OCC(=O)N/N=C/c2c(F)c(F)c(F)c(F)c2F)c1. The number of amides is 1. The molecule has 2 aromatic carbocycles. The van der Waals surface area contributed by atoms with E-state index in [1.165, 1.54) is 0 Å². The lowest BCUT2D eigenvalue weighted by molar-refractivity contribution is -0.123. The largest absolute Gasteiger partial charge is 0.483 e. The van der Waals surface area contributed by atoms with Crippen LogP contribution in [0.2, 0.25) is 0 Å². The molecule has 28 heavy (non-hydrogen) atoms. The van der Waals surface area contributed by atoms with E-state index in [-0.39, 0.29) is 5.92 Å². The van der Waals surface area contributed by atoms with Gasteiger partial charge in [0.15, 0.2) is 29.9 Å². The fraction of sp³-hybridized carbons (Fsp3) is 0.263. The van der Waals surface area contributed by atoms with Gasteiger partial charge < -0.3 is 4.74 Å². The second-order valence-corrected chi connectivity index (χ2v) is 6.26. The van der Waals surface area contributed by atoms with Crippen LogP contribution in [-0.4, -0.2) is 18.7 Å².